The number of anilines is 2. The van der Waals surface area contributed by atoms with Gasteiger partial charge in [-0.05, 0) is 43.7 Å². The van der Waals surface area contributed by atoms with Crippen LogP contribution in [0.1, 0.15) is 37.0 Å². The van der Waals surface area contributed by atoms with Gasteiger partial charge in [0.05, 0.1) is 11.2 Å². The zero-order valence-electron chi connectivity index (χ0n) is 16.0. The smallest absolute Gasteiger partial charge is 0.263 e. The highest BCUT2D eigenvalue weighted by atomic mass is 16.2. The molecule has 0 atom stereocenters. The molecule has 3 aromatic rings. The highest BCUT2D eigenvalue weighted by molar-refractivity contribution is 6.09. The molecule has 0 spiro atoms. The summed E-state index contributed by atoms with van der Waals surface area (Å²) in [5.41, 5.74) is 1.45. The summed E-state index contributed by atoms with van der Waals surface area (Å²) in [6.45, 7) is 4.21. The molecule has 3 rings (SSSR count). The number of rotatable bonds is 6. The average molecular weight is 377 g/mol. The minimum atomic E-state index is -0.455. The minimum Gasteiger partial charge on any atom is -0.325 e. The van der Waals surface area contributed by atoms with E-state index in [-0.39, 0.29) is 17.4 Å². The molecule has 2 aromatic carbocycles. The van der Waals surface area contributed by atoms with Crippen molar-refractivity contribution in [3.05, 3.63) is 70.5 Å². The van der Waals surface area contributed by atoms with Crippen LogP contribution in [-0.4, -0.2) is 23.3 Å². The summed E-state index contributed by atoms with van der Waals surface area (Å²) in [5, 5.41) is 3.48. The lowest BCUT2D eigenvalue weighted by atomic mass is 10.1. The van der Waals surface area contributed by atoms with E-state index in [1.807, 2.05) is 44.2 Å². The van der Waals surface area contributed by atoms with Crippen molar-refractivity contribution in [1.82, 2.24) is 4.98 Å². The average Bonchev–Trinajstić information content (AvgIpc) is 2.69. The lowest BCUT2D eigenvalue weighted by Gasteiger charge is -2.21. The third-order valence-electron chi connectivity index (χ3n) is 4.50. The van der Waals surface area contributed by atoms with Crippen molar-refractivity contribution < 1.29 is 9.59 Å². The van der Waals surface area contributed by atoms with Crippen molar-refractivity contribution in [2.24, 2.45) is 0 Å². The lowest BCUT2D eigenvalue weighted by molar-refractivity contribution is -0.116. The molecule has 144 valence electrons. The van der Waals surface area contributed by atoms with Crippen LogP contribution in [0.25, 0.3) is 10.9 Å². The van der Waals surface area contributed by atoms with Crippen molar-refractivity contribution in [3.63, 3.8) is 0 Å². The first-order valence-corrected chi connectivity index (χ1v) is 9.38. The van der Waals surface area contributed by atoms with Gasteiger partial charge in [-0.25, -0.2) is 0 Å². The van der Waals surface area contributed by atoms with Crippen LogP contribution in [0.3, 0.4) is 0 Å². The van der Waals surface area contributed by atoms with Gasteiger partial charge in [0.25, 0.3) is 11.5 Å². The van der Waals surface area contributed by atoms with Crippen LogP contribution >= 0.6 is 0 Å². The highest BCUT2D eigenvalue weighted by Crippen LogP contribution is 2.23. The fraction of sp³-hybridized carbons (Fsp3) is 0.227. The molecule has 0 aliphatic rings. The van der Waals surface area contributed by atoms with Gasteiger partial charge in [-0.15, -0.1) is 0 Å². The number of amides is 2. The number of nitrogens with one attached hydrogen (secondary N) is 2. The number of aromatic nitrogens is 1. The monoisotopic (exact) mass is 377 g/mol. The van der Waals surface area contributed by atoms with E-state index >= 15 is 0 Å². The van der Waals surface area contributed by atoms with E-state index < -0.39 is 5.56 Å². The first-order chi connectivity index (χ1) is 13.5. The van der Waals surface area contributed by atoms with Crippen molar-refractivity contribution in [2.75, 3.05) is 16.8 Å². The summed E-state index contributed by atoms with van der Waals surface area (Å²) >= 11 is 0. The number of carbonyl (C=O) groups excluding carboxylic acids is 2. The van der Waals surface area contributed by atoms with Crippen molar-refractivity contribution in [2.45, 2.75) is 26.7 Å². The predicted molar refractivity (Wildman–Crippen MR) is 112 cm³/mol. The predicted octanol–water partition coefficient (Wildman–Crippen LogP) is 3.93. The Kier molecular flexibility index (Phi) is 5.89. The molecule has 0 unspecified atom stereocenters. The molecule has 6 nitrogen and oxygen atoms in total. The molecule has 0 bridgehead atoms. The molecule has 1 aromatic heterocycles. The van der Waals surface area contributed by atoms with Gasteiger partial charge in [0.15, 0.2) is 0 Å². The van der Waals surface area contributed by atoms with Gasteiger partial charge in [0.1, 0.15) is 5.56 Å². The Bertz CT molecular complexity index is 1060. The molecular formula is C22H23N3O3. The van der Waals surface area contributed by atoms with Gasteiger partial charge in [0.2, 0.25) is 5.91 Å². The summed E-state index contributed by atoms with van der Waals surface area (Å²) in [6.07, 6.45) is 1.14. The third kappa shape index (κ3) is 3.96. The van der Waals surface area contributed by atoms with E-state index in [1.54, 1.807) is 29.2 Å². The number of aromatic amines is 1. The van der Waals surface area contributed by atoms with Crippen LogP contribution in [-0.2, 0) is 4.79 Å². The van der Waals surface area contributed by atoms with Crippen molar-refractivity contribution in [3.8, 4) is 0 Å². The Hall–Kier alpha value is -3.41. The summed E-state index contributed by atoms with van der Waals surface area (Å²) in [6, 6.07) is 16.0. The quantitative estimate of drug-likeness (QED) is 0.683. The second kappa shape index (κ2) is 8.52. The number of pyridine rings is 1. The number of hydrogen-bond donors (Lipinski definition) is 2. The normalized spacial score (nSPS) is 10.6. The van der Waals surface area contributed by atoms with E-state index in [9.17, 15) is 14.4 Å². The van der Waals surface area contributed by atoms with Gasteiger partial charge in [-0.2, -0.15) is 0 Å². The summed E-state index contributed by atoms with van der Waals surface area (Å²) < 4.78 is 0. The fourth-order valence-electron chi connectivity index (χ4n) is 3.13. The van der Waals surface area contributed by atoms with Crippen LogP contribution in [0, 0.1) is 0 Å². The maximum atomic E-state index is 13.1. The van der Waals surface area contributed by atoms with E-state index in [1.165, 1.54) is 0 Å². The molecule has 6 heteroatoms. The lowest BCUT2D eigenvalue weighted by Crippen LogP contribution is -2.34. The molecule has 0 saturated heterocycles. The molecule has 0 fully saturated rings. The molecule has 2 amide bonds. The summed E-state index contributed by atoms with van der Waals surface area (Å²) in [7, 11) is 0. The van der Waals surface area contributed by atoms with E-state index in [0.717, 1.165) is 12.1 Å². The first-order valence-electron chi connectivity index (χ1n) is 9.38. The molecule has 0 saturated carbocycles. The number of para-hydroxylation sites is 1. The Labute approximate surface area is 163 Å². The first kappa shape index (κ1) is 19.4. The summed E-state index contributed by atoms with van der Waals surface area (Å²) in [5.74, 6) is -0.486. The van der Waals surface area contributed by atoms with Gasteiger partial charge < -0.3 is 15.2 Å². The molecule has 0 aliphatic heterocycles. The third-order valence-corrected chi connectivity index (χ3v) is 4.50. The molecule has 2 N–H and O–H groups in total. The second-order valence-electron chi connectivity index (χ2n) is 6.46. The van der Waals surface area contributed by atoms with Gasteiger partial charge in [0, 0.05) is 24.0 Å². The van der Waals surface area contributed by atoms with E-state index in [2.05, 4.69) is 10.3 Å². The van der Waals surface area contributed by atoms with Crippen LogP contribution in [0.4, 0.5) is 11.4 Å². The summed E-state index contributed by atoms with van der Waals surface area (Å²) in [4.78, 5) is 42.0. The molecule has 0 aliphatic carbocycles. The number of fused-ring (bicyclic) bond motifs is 1. The molecule has 28 heavy (non-hydrogen) atoms. The Balaban J connectivity index is 2.06. The van der Waals surface area contributed by atoms with Crippen LogP contribution in [0.5, 0.6) is 0 Å². The Morgan fingerprint density at radius 2 is 1.79 bits per heavy atom. The number of hydrogen-bond acceptors (Lipinski definition) is 3. The topological polar surface area (TPSA) is 82.3 Å². The van der Waals surface area contributed by atoms with Gasteiger partial charge >= 0.3 is 0 Å². The Morgan fingerprint density at radius 1 is 1.04 bits per heavy atom. The zero-order valence-corrected chi connectivity index (χ0v) is 16.0. The Morgan fingerprint density at radius 3 is 2.46 bits per heavy atom. The van der Waals surface area contributed by atoms with Gasteiger partial charge in [-0.1, -0.05) is 31.2 Å². The van der Waals surface area contributed by atoms with Crippen molar-refractivity contribution in [1.29, 1.82) is 0 Å². The minimum absolute atomic E-state index is 0.0374. The van der Waals surface area contributed by atoms with Crippen molar-refractivity contribution >= 4 is 34.1 Å². The zero-order chi connectivity index (χ0) is 20.1. The SMILES string of the molecule is CCCC(=O)Nc1cccc2[nH]c(=O)c(C(=O)N(CC)c3ccccc3)cc12. The van der Waals surface area contributed by atoms with E-state index in [4.69, 9.17) is 0 Å². The number of nitrogens with zero attached hydrogens (tertiary/aromatic N) is 1. The maximum absolute atomic E-state index is 13.1. The van der Waals surface area contributed by atoms with Crippen LogP contribution in [0.15, 0.2) is 59.4 Å². The molecule has 0 radical (unpaired) electrons. The van der Waals surface area contributed by atoms with Gasteiger partial charge in [-0.3, -0.25) is 14.4 Å². The van der Waals surface area contributed by atoms with Crippen LogP contribution < -0.4 is 15.8 Å². The number of H-pyrrole nitrogens is 1. The second-order valence-corrected chi connectivity index (χ2v) is 6.46. The standard InChI is InChI=1S/C22H23N3O3/c1-3-9-20(26)23-18-12-8-13-19-16(18)14-17(21(27)24-19)22(28)25(4-2)15-10-6-5-7-11-15/h5-8,10-14H,3-4,9H2,1-2H3,(H,23,26)(H,24,27). The van der Waals surface area contributed by atoms with E-state index in [0.29, 0.717) is 29.6 Å². The van der Waals surface area contributed by atoms with Crippen LogP contribution in [0.2, 0.25) is 0 Å². The number of carbonyl (C=O) groups is 2. The molecular weight excluding hydrogens is 354 g/mol. The highest BCUT2D eigenvalue weighted by Gasteiger charge is 2.20. The molecule has 1 heterocycles. The number of benzene rings is 2. The largest absolute Gasteiger partial charge is 0.325 e. The fourth-order valence-corrected chi connectivity index (χ4v) is 3.13. The maximum Gasteiger partial charge on any atom is 0.263 e.